The normalized spacial score (nSPS) is 13.1. The first-order valence-electron chi connectivity index (χ1n) is 12.9. The number of carboxylic acids is 1. The molecule has 0 radical (unpaired) electrons. The minimum atomic E-state index is -4.96. The van der Waals surface area contributed by atoms with Crippen LogP contribution in [0.2, 0.25) is 0 Å². The Kier molecular flexibility index (Phi) is 24.0. The Balaban J connectivity index is 0. The van der Waals surface area contributed by atoms with Crippen molar-refractivity contribution in [1.82, 2.24) is 5.32 Å². The maximum Gasteiger partial charge on any atom is 1.00 e. The molecule has 0 saturated heterocycles. The number of esters is 1. The van der Waals surface area contributed by atoms with E-state index in [1.165, 1.54) is 51.9 Å². The van der Waals surface area contributed by atoms with Crippen LogP contribution in [-0.4, -0.2) is 48.7 Å². The number of hydrogen-bond acceptors (Lipinski definition) is 7. The van der Waals surface area contributed by atoms with E-state index in [-0.39, 0.29) is 42.0 Å². The van der Waals surface area contributed by atoms with Crippen molar-refractivity contribution in [2.24, 2.45) is 0 Å². The molecule has 1 amide bonds. The molecule has 0 aromatic carbocycles. The molecular weight excluding hydrogens is 497 g/mol. The number of ether oxygens (including phenoxy) is 1. The van der Waals surface area contributed by atoms with Gasteiger partial charge in [0.25, 0.3) is 10.1 Å². The number of aliphatic carboxylic acids is 1. The first-order chi connectivity index (χ1) is 16.6. The van der Waals surface area contributed by atoms with E-state index < -0.39 is 39.8 Å². The summed E-state index contributed by atoms with van der Waals surface area (Å²) >= 11 is 0. The van der Waals surface area contributed by atoms with Gasteiger partial charge in [0.05, 0.1) is 6.54 Å². The van der Waals surface area contributed by atoms with Gasteiger partial charge in [-0.25, -0.2) is 0 Å². The van der Waals surface area contributed by atoms with Gasteiger partial charge in [-0.05, 0) is 39.0 Å². The summed E-state index contributed by atoms with van der Waals surface area (Å²) in [5.74, 6) is -3.44. The molecule has 11 heteroatoms. The summed E-state index contributed by atoms with van der Waals surface area (Å²) in [5.41, 5.74) is 0. The topological polar surface area (TPSA) is 150 Å². The molecule has 2 N–H and O–H groups in total. The van der Waals surface area contributed by atoms with Crippen molar-refractivity contribution in [1.29, 1.82) is 0 Å². The van der Waals surface area contributed by atoms with Crippen molar-refractivity contribution in [2.45, 2.75) is 122 Å². The second-order valence-electron chi connectivity index (χ2n) is 8.97. The summed E-state index contributed by atoms with van der Waals surface area (Å²) in [4.78, 5) is 34.4. The third-order valence-corrected chi connectivity index (χ3v) is 6.62. The zero-order valence-corrected chi connectivity index (χ0v) is 25.2. The van der Waals surface area contributed by atoms with E-state index >= 15 is 0 Å². The number of carbonyl (C=O) groups excluding carboxylic acids is 3. The van der Waals surface area contributed by atoms with E-state index in [0.29, 0.717) is 6.42 Å². The fraction of sp³-hybridized carbons (Fsp3) is 0.800. The number of nitrogens with one attached hydrogen (secondary N) is 1. The second kappa shape index (κ2) is 23.2. The molecule has 0 aromatic rings. The third-order valence-electron chi connectivity index (χ3n) is 5.54. The molecule has 0 aliphatic heterocycles. The van der Waals surface area contributed by atoms with Gasteiger partial charge in [-0.3, -0.25) is 14.1 Å². The molecule has 204 valence electrons. The zero-order valence-electron chi connectivity index (χ0n) is 22.3. The van der Waals surface area contributed by atoms with E-state index in [9.17, 15) is 27.9 Å². The van der Waals surface area contributed by atoms with Gasteiger partial charge in [0.2, 0.25) is 5.91 Å². The second-order valence-corrected chi connectivity index (χ2v) is 10.6. The Morgan fingerprint density at radius 1 is 0.917 bits per heavy atom. The minimum Gasteiger partial charge on any atom is -0.550 e. The summed E-state index contributed by atoms with van der Waals surface area (Å²) in [7, 11) is -4.96. The maximum atomic E-state index is 11.9. The van der Waals surface area contributed by atoms with Gasteiger partial charge in [0.15, 0.2) is 5.25 Å². The fourth-order valence-corrected chi connectivity index (χ4v) is 4.13. The van der Waals surface area contributed by atoms with Crippen molar-refractivity contribution in [3.8, 4) is 0 Å². The number of unbranched alkanes of at least 4 members (excludes halogenated alkanes) is 11. The van der Waals surface area contributed by atoms with E-state index in [0.717, 1.165) is 38.5 Å². The van der Waals surface area contributed by atoms with Crippen LogP contribution in [-0.2, 0) is 29.2 Å². The number of carbonyl (C=O) groups is 3. The summed E-state index contributed by atoms with van der Waals surface area (Å²) in [6.07, 6.45) is 18.0. The monoisotopic (exact) mass is 541 g/mol. The first-order valence-corrected chi connectivity index (χ1v) is 14.4. The Bertz CT molecular complexity index is 742. The molecule has 0 aromatic heterocycles. The maximum absolute atomic E-state index is 11.9. The molecule has 0 bridgehead atoms. The number of carboxylic acid groups (broad SMARTS) is 1. The number of rotatable bonds is 22. The molecule has 0 heterocycles. The Hall–Kier alpha value is -0.940. The summed E-state index contributed by atoms with van der Waals surface area (Å²) < 4.78 is 36.2. The van der Waals surface area contributed by atoms with Crippen LogP contribution in [0.1, 0.15) is 110 Å². The van der Waals surface area contributed by atoms with Crippen LogP contribution in [0.5, 0.6) is 0 Å². The molecule has 0 spiro atoms. The van der Waals surface area contributed by atoms with Crippen LogP contribution in [0.25, 0.3) is 0 Å². The summed E-state index contributed by atoms with van der Waals surface area (Å²) in [6, 6.07) is 0. The SMILES string of the molecule is CCCCCCCC/C=C/CCCCCCCC(=O)NCC(C)OC(=O)C(CC(=O)[O-])S(=O)(=O)O.[Na+]. The summed E-state index contributed by atoms with van der Waals surface area (Å²) in [6.45, 7) is 3.59. The first kappa shape index (κ1) is 37.2. The van der Waals surface area contributed by atoms with Crippen LogP contribution >= 0.6 is 0 Å². The molecule has 0 saturated carbocycles. The molecule has 2 unspecified atom stereocenters. The Morgan fingerprint density at radius 2 is 1.42 bits per heavy atom. The van der Waals surface area contributed by atoms with E-state index in [2.05, 4.69) is 24.4 Å². The van der Waals surface area contributed by atoms with Gasteiger partial charge in [-0.15, -0.1) is 0 Å². The van der Waals surface area contributed by atoms with Gasteiger partial charge < -0.3 is 20.0 Å². The van der Waals surface area contributed by atoms with Crippen LogP contribution < -0.4 is 40.0 Å². The zero-order chi connectivity index (χ0) is 26.5. The van der Waals surface area contributed by atoms with Gasteiger partial charge in [0.1, 0.15) is 6.10 Å². The molecule has 0 aliphatic rings. The van der Waals surface area contributed by atoms with Crippen molar-refractivity contribution in [3.63, 3.8) is 0 Å². The summed E-state index contributed by atoms with van der Waals surface area (Å²) in [5, 5.41) is 10.9. The average molecular weight is 542 g/mol. The van der Waals surface area contributed by atoms with Gasteiger partial charge in [-0.1, -0.05) is 70.4 Å². The van der Waals surface area contributed by atoms with Crippen molar-refractivity contribution >= 4 is 28.0 Å². The molecule has 0 aliphatic carbocycles. The van der Waals surface area contributed by atoms with Crippen LogP contribution in [0.15, 0.2) is 12.2 Å². The van der Waals surface area contributed by atoms with E-state index in [1.807, 2.05) is 0 Å². The largest absolute Gasteiger partial charge is 1.00 e. The van der Waals surface area contributed by atoms with Crippen LogP contribution in [0.3, 0.4) is 0 Å². The van der Waals surface area contributed by atoms with Crippen LogP contribution in [0.4, 0.5) is 0 Å². The fourth-order valence-electron chi connectivity index (χ4n) is 3.48. The number of amides is 1. The van der Waals surface area contributed by atoms with Crippen molar-refractivity contribution in [2.75, 3.05) is 6.54 Å². The van der Waals surface area contributed by atoms with Crippen molar-refractivity contribution in [3.05, 3.63) is 12.2 Å². The molecule has 0 rings (SSSR count). The van der Waals surface area contributed by atoms with Gasteiger partial charge in [0, 0.05) is 18.8 Å². The van der Waals surface area contributed by atoms with Gasteiger partial charge in [-0.2, -0.15) is 8.42 Å². The average Bonchev–Trinajstić information content (AvgIpc) is 2.77. The number of allylic oxidation sites excluding steroid dienone is 2. The minimum absolute atomic E-state index is 0. The predicted octanol–water partition coefficient (Wildman–Crippen LogP) is 0.472. The number of hydrogen-bond donors (Lipinski definition) is 2. The molecule has 9 nitrogen and oxygen atoms in total. The molecule has 36 heavy (non-hydrogen) atoms. The Labute approximate surface area is 239 Å². The van der Waals surface area contributed by atoms with E-state index in [4.69, 9.17) is 9.29 Å². The van der Waals surface area contributed by atoms with Crippen LogP contribution in [0, 0.1) is 0 Å². The predicted molar refractivity (Wildman–Crippen MR) is 133 cm³/mol. The quantitative estimate of drug-likeness (QED) is 0.0660. The van der Waals surface area contributed by atoms with Gasteiger partial charge >= 0.3 is 35.5 Å². The smallest absolute Gasteiger partial charge is 0.550 e. The van der Waals surface area contributed by atoms with Crippen molar-refractivity contribution < 1.29 is 66.8 Å². The van der Waals surface area contributed by atoms with E-state index in [1.54, 1.807) is 0 Å². The third kappa shape index (κ3) is 22.3. The molecular formula is C25H44NNaO8S. The standard InChI is InChI=1S/C25H45NO8S.Na/c1-3-4-5-6-7-8-9-10-11-12-13-14-15-16-17-18-23(27)26-20-21(2)34-25(30)22(19-24(28)29)35(31,32)33;/h10-11,21-22H,3-9,12-20H2,1-2H3,(H,26,27)(H,28,29)(H,31,32,33);/q;+1/p-1/b11-10+;. The Morgan fingerprint density at radius 3 is 1.92 bits per heavy atom. The molecule has 2 atom stereocenters. The molecule has 0 fully saturated rings.